The fourth-order valence-corrected chi connectivity index (χ4v) is 4.33. The summed E-state index contributed by atoms with van der Waals surface area (Å²) in [4.78, 5) is 20.6. The van der Waals surface area contributed by atoms with E-state index >= 15 is 0 Å². The molecule has 2 atom stereocenters. The van der Waals surface area contributed by atoms with Gasteiger partial charge in [0.1, 0.15) is 5.82 Å². The molecule has 0 aliphatic carbocycles. The minimum atomic E-state index is -0.587. The van der Waals surface area contributed by atoms with Gasteiger partial charge in [0, 0.05) is 42.6 Å². The van der Waals surface area contributed by atoms with Crippen LogP contribution in [0.25, 0.3) is 0 Å². The Bertz CT molecular complexity index is 1210. The van der Waals surface area contributed by atoms with Crippen LogP contribution in [0.15, 0.2) is 59.5 Å². The Morgan fingerprint density at radius 3 is 2.41 bits per heavy atom. The number of likely N-dealkylation sites (tertiary alicyclic amines) is 1. The van der Waals surface area contributed by atoms with Crippen molar-refractivity contribution < 1.29 is 10.2 Å². The molecule has 4 rings (SSSR count). The minimum absolute atomic E-state index is 0.0918. The molecule has 176 valence electrons. The Labute approximate surface area is 199 Å². The molecule has 0 spiro atoms. The number of aliphatic hydroxyl groups is 1. The van der Waals surface area contributed by atoms with E-state index in [1.54, 1.807) is 0 Å². The predicted octanol–water partition coefficient (Wildman–Crippen LogP) is 2.12. The van der Waals surface area contributed by atoms with E-state index in [2.05, 4.69) is 51.0 Å². The molecule has 2 aromatic carbocycles. The van der Waals surface area contributed by atoms with Crippen molar-refractivity contribution in [3.63, 3.8) is 0 Å². The monoisotopic (exact) mass is 458 g/mol. The second-order valence-corrected chi connectivity index (χ2v) is 8.70. The van der Waals surface area contributed by atoms with Gasteiger partial charge in [-0.3, -0.25) is 9.69 Å². The lowest BCUT2D eigenvalue weighted by atomic mass is 9.95. The number of nitrogens with two attached hydrogens (primary N) is 1. The van der Waals surface area contributed by atoms with E-state index in [1.807, 2.05) is 24.3 Å². The van der Waals surface area contributed by atoms with Crippen molar-refractivity contribution >= 4 is 0 Å². The lowest BCUT2D eigenvalue weighted by Crippen LogP contribution is -2.34. The van der Waals surface area contributed by atoms with Crippen molar-refractivity contribution in [1.29, 1.82) is 0 Å². The molecule has 0 saturated carbocycles. The molecule has 0 unspecified atom stereocenters. The molecule has 34 heavy (non-hydrogen) atoms. The van der Waals surface area contributed by atoms with Crippen molar-refractivity contribution in [3.05, 3.63) is 93.2 Å². The topological polar surface area (TPSA) is 115 Å². The van der Waals surface area contributed by atoms with Gasteiger partial charge in [-0.15, -0.1) is 0 Å². The third-order valence-electron chi connectivity index (χ3n) is 6.34. The smallest absolute Gasteiger partial charge is 0.293 e. The molecule has 7 heteroatoms. The van der Waals surface area contributed by atoms with Crippen LogP contribution in [0.4, 0.5) is 0 Å². The van der Waals surface area contributed by atoms with E-state index < -0.39 is 11.3 Å². The molecule has 3 aromatic rings. The summed E-state index contributed by atoms with van der Waals surface area (Å²) in [5.41, 5.74) is 9.32. The standard InChI is InChI=1S/C27H30N4O3/c28-15-24-2-1-13-31(24)17-21-7-5-19(6-8-21)3-4-20-9-11-22(12-10-20)23(18-32)14-26-29-16-25(33)27(34)30-26/h5-12,16,23-24,32-33H,1-2,13-15,17-18,28H2,(H,29,30,34)/t23-,24+/m1/s1. The van der Waals surface area contributed by atoms with Gasteiger partial charge in [0.25, 0.3) is 5.56 Å². The van der Waals surface area contributed by atoms with Crippen molar-refractivity contribution in [2.75, 3.05) is 19.7 Å². The van der Waals surface area contributed by atoms with Crippen LogP contribution >= 0.6 is 0 Å². The summed E-state index contributed by atoms with van der Waals surface area (Å²) < 4.78 is 0. The van der Waals surface area contributed by atoms with E-state index in [4.69, 9.17) is 5.73 Å². The van der Waals surface area contributed by atoms with Crippen molar-refractivity contribution in [1.82, 2.24) is 14.9 Å². The molecule has 0 bridgehead atoms. The number of hydrogen-bond donors (Lipinski definition) is 4. The summed E-state index contributed by atoms with van der Waals surface area (Å²) in [7, 11) is 0. The average Bonchev–Trinajstić information content (AvgIpc) is 3.32. The number of benzene rings is 2. The fourth-order valence-electron chi connectivity index (χ4n) is 4.33. The molecule has 0 amide bonds. The number of aromatic nitrogens is 2. The molecule has 1 aliphatic rings. The fraction of sp³-hybridized carbons (Fsp3) is 0.333. The van der Waals surface area contributed by atoms with E-state index in [-0.39, 0.29) is 12.5 Å². The first-order chi connectivity index (χ1) is 16.6. The summed E-state index contributed by atoms with van der Waals surface area (Å²) in [6, 6.07) is 16.6. The van der Waals surface area contributed by atoms with Gasteiger partial charge in [0.15, 0.2) is 5.75 Å². The highest BCUT2D eigenvalue weighted by Gasteiger charge is 2.22. The highest BCUT2D eigenvalue weighted by atomic mass is 16.3. The van der Waals surface area contributed by atoms with Gasteiger partial charge in [-0.1, -0.05) is 36.1 Å². The van der Waals surface area contributed by atoms with Gasteiger partial charge in [-0.2, -0.15) is 0 Å². The van der Waals surface area contributed by atoms with Gasteiger partial charge < -0.3 is 20.9 Å². The van der Waals surface area contributed by atoms with Gasteiger partial charge >= 0.3 is 0 Å². The van der Waals surface area contributed by atoms with Crippen LogP contribution in [-0.2, 0) is 13.0 Å². The molecule has 2 heterocycles. The predicted molar refractivity (Wildman–Crippen MR) is 131 cm³/mol. The number of nitrogens with zero attached hydrogens (tertiary/aromatic N) is 2. The quantitative estimate of drug-likeness (QED) is 0.403. The molecule has 7 nitrogen and oxygen atoms in total. The summed E-state index contributed by atoms with van der Waals surface area (Å²) in [6.45, 7) is 2.66. The summed E-state index contributed by atoms with van der Waals surface area (Å²) in [5.74, 6) is 6.17. The zero-order valence-electron chi connectivity index (χ0n) is 19.1. The second kappa shape index (κ2) is 11.1. The Balaban J connectivity index is 1.38. The Kier molecular flexibility index (Phi) is 7.76. The molecule has 5 N–H and O–H groups in total. The molecular formula is C27H30N4O3. The maximum absolute atomic E-state index is 11.6. The van der Waals surface area contributed by atoms with Crippen LogP contribution in [-0.4, -0.2) is 50.8 Å². The van der Waals surface area contributed by atoms with Crippen LogP contribution < -0.4 is 11.3 Å². The molecule has 1 aliphatic heterocycles. The van der Waals surface area contributed by atoms with Crippen LogP contribution in [0.2, 0.25) is 0 Å². The SMILES string of the molecule is NC[C@@H]1CCCN1Cc1ccc(C#Cc2ccc([C@@H](CO)Cc3ncc(O)c(=O)[nH]3)cc2)cc1. The van der Waals surface area contributed by atoms with E-state index in [0.29, 0.717) is 24.8 Å². The summed E-state index contributed by atoms with van der Waals surface area (Å²) in [6.07, 6.45) is 3.88. The molecule has 1 saturated heterocycles. The maximum Gasteiger partial charge on any atom is 0.293 e. The summed E-state index contributed by atoms with van der Waals surface area (Å²) in [5, 5.41) is 19.2. The van der Waals surface area contributed by atoms with Crippen molar-refractivity contribution in [2.24, 2.45) is 5.73 Å². The van der Waals surface area contributed by atoms with Gasteiger partial charge in [0.05, 0.1) is 12.8 Å². The van der Waals surface area contributed by atoms with Gasteiger partial charge in [-0.25, -0.2) is 4.98 Å². The van der Waals surface area contributed by atoms with E-state index in [1.165, 1.54) is 18.4 Å². The van der Waals surface area contributed by atoms with Crippen LogP contribution in [0.5, 0.6) is 5.75 Å². The number of hydrogen-bond acceptors (Lipinski definition) is 6. The molecule has 1 fully saturated rings. The Hall–Kier alpha value is -3.44. The normalized spacial score (nSPS) is 16.7. The van der Waals surface area contributed by atoms with Crippen molar-refractivity contribution in [3.8, 4) is 17.6 Å². The first kappa shape index (κ1) is 23.7. The second-order valence-electron chi connectivity index (χ2n) is 8.70. The van der Waals surface area contributed by atoms with Crippen molar-refractivity contribution in [2.45, 2.75) is 37.8 Å². The zero-order valence-corrected chi connectivity index (χ0v) is 19.1. The highest BCUT2D eigenvalue weighted by molar-refractivity contribution is 5.44. The molecular weight excluding hydrogens is 428 g/mol. The molecule has 0 radical (unpaired) electrons. The first-order valence-electron chi connectivity index (χ1n) is 11.6. The van der Waals surface area contributed by atoms with E-state index in [9.17, 15) is 15.0 Å². The average molecular weight is 459 g/mol. The third kappa shape index (κ3) is 5.91. The Morgan fingerprint density at radius 2 is 1.79 bits per heavy atom. The molecule has 1 aromatic heterocycles. The van der Waals surface area contributed by atoms with Gasteiger partial charge in [0.2, 0.25) is 0 Å². The number of aliphatic hydroxyl groups excluding tert-OH is 1. The maximum atomic E-state index is 11.6. The summed E-state index contributed by atoms with van der Waals surface area (Å²) >= 11 is 0. The minimum Gasteiger partial charge on any atom is -0.502 e. The number of aromatic amines is 1. The lowest BCUT2D eigenvalue weighted by molar-refractivity contribution is 0.250. The van der Waals surface area contributed by atoms with Crippen LogP contribution in [0.3, 0.4) is 0 Å². The zero-order chi connectivity index (χ0) is 23.9. The van der Waals surface area contributed by atoms with Crippen LogP contribution in [0.1, 0.15) is 46.8 Å². The highest BCUT2D eigenvalue weighted by Crippen LogP contribution is 2.21. The number of aromatic hydroxyl groups is 1. The third-order valence-corrected chi connectivity index (χ3v) is 6.34. The number of H-pyrrole nitrogens is 1. The largest absolute Gasteiger partial charge is 0.502 e. The first-order valence-corrected chi connectivity index (χ1v) is 11.6. The van der Waals surface area contributed by atoms with E-state index in [0.717, 1.165) is 36.0 Å². The Morgan fingerprint density at radius 1 is 1.12 bits per heavy atom. The number of rotatable bonds is 7. The lowest BCUT2D eigenvalue weighted by Gasteiger charge is -2.23. The number of nitrogens with one attached hydrogen (secondary N) is 1. The van der Waals surface area contributed by atoms with Gasteiger partial charge in [-0.05, 0) is 54.8 Å². The van der Waals surface area contributed by atoms with Crippen LogP contribution in [0, 0.1) is 11.8 Å².